The Morgan fingerprint density at radius 2 is 1.16 bits per heavy atom. The molecule has 0 aromatic carbocycles. The molecule has 0 aliphatic rings. The van der Waals surface area contributed by atoms with Gasteiger partial charge in [0.1, 0.15) is 6.61 Å². The number of hydrogen-bond acceptors (Lipinski definition) is 6. The van der Waals surface area contributed by atoms with Gasteiger partial charge in [-0.3, -0.25) is 14.1 Å². The first-order chi connectivity index (χ1) is 15.3. The Labute approximate surface area is 194 Å². The van der Waals surface area contributed by atoms with Crippen LogP contribution >= 0.6 is 7.82 Å². The van der Waals surface area contributed by atoms with E-state index in [9.17, 15) is 14.2 Å². The molecule has 1 unspecified atom stereocenters. The lowest BCUT2D eigenvalue weighted by Crippen LogP contribution is -2.29. The van der Waals surface area contributed by atoms with Crippen LogP contribution < -0.4 is 0 Å². The van der Waals surface area contributed by atoms with E-state index in [2.05, 4.69) is 11.4 Å². The summed E-state index contributed by atoms with van der Waals surface area (Å²) < 4.78 is 25.6. The largest absolute Gasteiger partial charge is 0.469 e. The Kier molecular flexibility index (Phi) is 20.0. The van der Waals surface area contributed by atoms with Crippen LogP contribution in [0.1, 0.15) is 117 Å². The van der Waals surface area contributed by atoms with E-state index in [1.54, 1.807) is 0 Å². The highest BCUT2D eigenvalue weighted by Gasteiger charge is 2.22. The molecule has 1 atom stereocenters. The normalized spacial score (nSPS) is 12.5. The first-order valence-corrected chi connectivity index (χ1v) is 13.9. The molecule has 32 heavy (non-hydrogen) atoms. The maximum atomic E-state index is 12.1. The molecule has 2 N–H and O–H groups in total. The minimum Gasteiger partial charge on any atom is -0.462 e. The van der Waals surface area contributed by atoms with Crippen molar-refractivity contribution in [2.75, 3.05) is 13.2 Å². The fraction of sp³-hybridized carbons (Fsp3) is 0.913. The van der Waals surface area contributed by atoms with Gasteiger partial charge in [-0.1, -0.05) is 90.9 Å². The summed E-state index contributed by atoms with van der Waals surface area (Å²) in [6, 6.07) is 0. The topological polar surface area (TPSA) is 119 Å². The number of hydrogen-bond donors (Lipinski definition) is 2. The van der Waals surface area contributed by atoms with E-state index in [1.165, 1.54) is 51.4 Å². The Balaban J connectivity index is 3.96. The third-order valence-electron chi connectivity index (χ3n) is 5.13. The average Bonchev–Trinajstić information content (AvgIpc) is 2.74. The quantitative estimate of drug-likeness (QED) is 0.113. The molecule has 0 saturated heterocycles. The van der Waals surface area contributed by atoms with Gasteiger partial charge in [0.05, 0.1) is 6.61 Å². The van der Waals surface area contributed by atoms with Crippen molar-refractivity contribution in [1.82, 2.24) is 0 Å². The van der Waals surface area contributed by atoms with Crippen LogP contribution in [-0.2, 0) is 28.2 Å². The molecule has 0 aromatic rings. The zero-order chi connectivity index (χ0) is 24.1. The minimum atomic E-state index is -4.71. The van der Waals surface area contributed by atoms with Crippen molar-refractivity contribution < 1.29 is 37.9 Å². The van der Waals surface area contributed by atoms with E-state index in [0.29, 0.717) is 12.8 Å². The van der Waals surface area contributed by atoms with E-state index >= 15 is 0 Å². The Morgan fingerprint density at radius 3 is 1.66 bits per heavy atom. The minimum absolute atomic E-state index is 0.216. The average molecular weight is 481 g/mol. The lowest BCUT2D eigenvalue weighted by Gasteiger charge is -2.18. The molecule has 0 rings (SSSR count). The van der Waals surface area contributed by atoms with Gasteiger partial charge in [0, 0.05) is 12.8 Å². The smallest absolute Gasteiger partial charge is 0.462 e. The number of esters is 2. The number of phosphoric acid groups is 1. The lowest BCUT2D eigenvalue weighted by atomic mass is 10.0. The summed E-state index contributed by atoms with van der Waals surface area (Å²) >= 11 is 0. The lowest BCUT2D eigenvalue weighted by molar-refractivity contribution is -0.161. The molecule has 0 radical (unpaired) electrons. The molecule has 0 aliphatic heterocycles. The molecular weight excluding hydrogens is 435 g/mol. The first kappa shape index (κ1) is 31.0. The second-order valence-electron chi connectivity index (χ2n) is 8.32. The molecule has 0 aliphatic carbocycles. The Bertz CT molecular complexity index is 520. The Morgan fingerprint density at radius 1 is 0.688 bits per heavy atom. The van der Waals surface area contributed by atoms with Crippen molar-refractivity contribution >= 4 is 19.8 Å². The number of unbranched alkanes of at least 4 members (excludes halogenated alkanes) is 12. The molecule has 0 fully saturated rings. The highest BCUT2D eigenvalue weighted by molar-refractivity contribution is 7.46. The van der Waals surface area contributed by atoms with Gasteiger partial charge < -0.3 is 19.3 Å². The standard InChI is InChI=1S/C23H45O8P/c1-3-5-7-8-9-10-11-12-13-14-15-16-18-23(25)31-21(20-30-32(26,27)28)19-29-22(24)17-6-4-2/h21H,3-20H2,1-2H3,(H2,26,27,28). The van der Waals surface area contributed by atoms with Crippen LogP contribution in [-0.4, -0.2) is 41.0 Å². The predicted molar refractivity (Wildman–Crippen MR) is 124 cm³/mol. The van der Waals surface area contributed by atoms with Crippen LogP contribution in [0, 0.1) is 0 Å². The molecule has 9 heteroatoms. The van der Waals surface area contributed by atoms with Crippen molar-refractivity contribution in [3.63, 3.8) is 0 Å². The number of ether oxygens (including phenoxy) is 2. The summed E-state index contributed by atoms with van der Waals surface area (Å²) in [7, 11) is -4.71. The highest BCUT2D eigenvalue weighted by Crippen LogP contribution is 2.35. The maximum Gasteiger partial charge on any atom is 0.469 e. The fourth-order valence-electron chi connectivity index (χ4n) is 3.23. The van der Waals surface area contributed by atoms with Crippen molar-refractivity contribution in [3.05, 3.63) is 0 Å². The number of carbonyl (C=O) groups excluding carboxylic acids is 2. The number of rotatable bonds is 22. The van der Waals surface area contributed by atoms with Crippen LogP contribution in [0.2, 0.25) is 0 Å². The van der Waals surface area contributed by atoms with Crippen LogP contribution in [0.15, 0.2) is 0 Å². The summed E-state index contributed by atoms with van der Waals surface area (Å²) in [5.74, 6) is -0.925. The van der Waals surface area contributed by atoms with Gasteiger partial charge in [-0.15, -0.1) is 0 Å². The molecule has 0 amide bonds. The summed E-state index contributed by atoms with van der Waals surface area (Å²) in [6.45, 7) is 3.36. The van der Waals surface area contributed by atoms with E-state index < -0.39 is 32.5 Å². The molecule has 0 aromatic heterocycles. The zero-order valence-corrected chi connectivity index (χ0v) is 21.0. The van der Waals surface area contributed by atoms with Crippen LogP contribution in [0.3, 0.4) is 0 Å². The molecule has 8 nitrogen and oxygen atoms in total. The van der Waals surface area contributed by atoms with Gasteiger partial charge in [-0.25, -0.2) is 4.57 Å². The van der Waals surface area contributed by atoms with Gasteiger partial charge in [-0.05, 0) is 12.8 Å². The van der Waals surface area contributed by atoms with E-state index in [-0.39, 0.29) is 19.4 Å². The monoisotopic (exact) mass is 480 g/mol. The molecule has 0 spiro atoms. The molecule has 0 saturated carbocycles. The van der Waals surface area contributed by atoms with Crippen molar-refractivity contribution in [1.29, 1.82) is 0 Å². The van der Waals surface area contributed by atoms with E-state index in [0.717, 1.165) is 25.7 Å². The van der Waals surface area contributed by atoms with Crippen LogP contribution in [0.25, 0.3) is 0 Å². The second-order valence-corrected chi connectivity index (χ2v) is 9.56. The summed E-state index contributed by atoms with van der Waals surface area (Å²) in [6.07, 6.45) is 15.2. The Hall–Kier alpha value is -0.950. The third-order valence-corrected chi connectivity index (χ3v) is 5.61. The fourth-order valence-corrected chi connectivity index (χ4v) is 3.59. The zero-order valence-electron chi connectivity index (χ0n) is 20.1. The van der Waals surface area contributed by atoms with Crippen LogP contribution in [0.5, 0.6) is 0 Å². The van der Waals surface area contributed by atoms with Gasteiger partial charge in [0.2, 0.25) is 0 Å². The highest BCUT2D eigenvalue weighted by atomic mass is 31.2. The SMILES string of the molecule is CCCCCCCCCCCCCCC(=O)OC(COC(=O)CCCC)COP(=O)(O)O. The van der Waals surface area contributed by atoms with E-state index in [4.69, 9.17) is 19.3 Å². The number of carbonyl (C=O) groups is 2. The van der Waals surface area contributed by atoms with Gasteiger partial charge in [-0.2, -0.15) is 0 Å². The van der Waals surface area contributed by atoms with Gasteiger partial charge in [0.15, 0.2) is 6.10 Å². The van der Waals surface area contributed by atoms with Gasteiger partial charge >= 0.3 is 19.8 Å². The van der Waals surface area contributed by atoms with E-state index in [1.807, 2.05) is 6.92 Å². The summed E-state index contributed by atoms with van der Waals surface area (Å²) in [5.41, 5.74) is 0. The first-order valence-electron chi connectivity index (χ1n) is 12.3. The second kappa shape index (κ2) is 20.6. The third kappa shape index (κ3) is 22.3. The van der Waals surface area contributed by atoms with Crippen molar-refractivity contribution in [2.24, 2.45) is 0 Å². The number of phosphoric ester groups is 1. The molecular formula is C23H45O8P. The predicted octanol–water partition coefficient (Wildman–Crippen LogP) is 5.83. The van der Waals surface area contributed by atoms with Gasteiger partial charge in [0.25, 0.3) is 0 Å². The van der Waals surface area contributed by atoms with Crippen LogP contribution in [0.4, 0.5) is 0 Å². The summed E-state index contributed by atoms with van der Waals surface area (Å²) in [5, 5.41) is 0. The molecule has 190 valence electrons. The molecule has 0 bridgehead atoms. The van der Waals surface area contributed by atoms with Crippen molar-refractivity contribution in [2.45, 2.75) is 123 Å². The maximum absolute atomic E-state index is 12.1. The molecule has 0 heterocycles. The summed E-state index contributed by atoms with van der Waals surface area (Å²) in [4.78, 5) is 41.4. The van der Waals surface area contributed by atoms with Crippen molar-refractivity contribution in [3.8, 4) is 0 Å².